The Morgan fingerprint density at radius 2 is 0.554 bits per heavy atom. The van der Waals surface area contributed by atoms with Gasteiger partial charge in [0.25, 0.3) is 0 Å². The number of esters is 4. The highest BCUT2D eigenvalue weighted by atomic mass is 31.2. The van der Waals surface area contributed by atoms with Gasteiger partial charge in [-0.15, -0.1) is 0 Å². The predicted octanol–water partition coefficient (Wildman–Crippen LogP) is 21.0. The summed E-state index contributed by atoms with van der Waals surface area (Å²) in [5.41, 5.74) is 0. The van der Waals surface area contributed by atoms with Crippen LogP contribution in [-0.2, 0) is 65.4 Å². The highest BCUT2D eigenvalue weighted by Gasteiger charge is 2.30. The van der Waals surface area contributed by atoms with E-state index in [1.165, 1.54) is 180 Å². The maximum Gasteiger partial charge on any atom is 0.472 e. The van der Waals surface area contributed by atoms with Crippen LogP contribution in [-0.4, -0.2) is 96.7 Å². The largest absolute Gasteiger partial charge is 0.472 e. The molecule has 6 atom stereocenters. The van der Waals surface area contributed by atoms with Crippen LogP contribution in [0.25, 0.3) is 0 Å². The molecule has 0 aromatic rings. The van der Waals surface area contributed by atoms with Crippen LogP contribution in [0.15, 0.2) is 0 Å². The second kappa shape index (κ2) is 63.8. The van der Waals surface area contributed by atoms with Crippen LogP contribution in [0.3, 0.4) is 0 Å². The molecule has 0 spiro atoms. The minimum Gasteiger partial charge on any atom is -0.462 e. The Kier molecular flexibility index (Phi) is 62.4. The molecule has 0 fully saturated rings. The number of phosphoric ester groups is 2. The summed E-state index contributed by atoms with van der Waals surface area (Å²) in [6.45, 7) is 11.9. The number of hydrogen-bond donors (Lipinski definition) is 3. The molecule has 0 radical (unpaired) electrons. The zero-order valence-electron chi connectivity index (χ0n) is 60.0. The molecule has 546 valence electrons. The summed E-state index contributed by atoms with van der Waals surface area (Å²) in [5.74, 6) is 0.212. The smallest absolute Gasteiger partial charge is 0.462 e. The monoisotopic (exact) mass is 1350 g/mol. The molecular weight excluding hydrogens is 1210 g/mol. The Morgan fingerprint density at radius 1 is 0.315 bits per heavy atom. The van der Waals surface area contributed by atoms with Gasteiger partial charge in [0.15, 0.2) is 12.2 Å². The van der Waals surface area contributed by atoms with Crippen molar-refractivity contribution in [3.8, 4) is 0 Å². The summed E-state index contributed by atoms with van der Waals surface area (Å²) in [5, 5.41) is 10.6. The van der Waals surface area contributed by atoms with Crippen LogP contribution in [0.5, 0.6) is 0 Å². The summed E-state index contributed by atoms with van der Waals surface area (Å²) < 4.78 is 68.4. The first-order chi connectivity index (χ1) is 44.3. The standard InChI is InChI=1S/C73H142O17P2/c1-8-10-11-12-13-23-33-40-47-54-70(75)83-60-69(90-73(78)57-50-43-36-29-28-32-39-46-53-66(7)9-2)63-88-92(81,82)86-59-67(74)58-85-91(79,80)87-62-68(61-84-71(76)55-48-41-34-26-22-18-20-25-31-38-45-52-65(5)6)89-72(77)56-49-42-35-27-21-17-15-14-16-19-24-30-37-44-51-64(3)4/h64-69,74H,8-63H2,1-7H3,(H,79,80)(H,81,82)/t66?,67-,68-,69-/m1/s1. The molecule has 0 bridgehead atoms. The zero-order chi connectivity index (χ0) is 68.0. The van der Waals surface area contributed by atoms with Gasteiger partial charge in [0.1, 0.15) is 19.3 Å². The first-order valence-electron chi connectivity index (χ1n) is 37.9. The van der Waals surface area contributed by atoms with Crippen LogP contribution < -0.4 is 0 Å². The van der Waals surface area contributed by atoms with Gasteiger partial charge in [-0.25, -0.2) is 9.13 Å². The Morgan fingerprint density at radius 3 is 0.826 bits per heavy atom. The number of aliphatic hydroxyl groups is 1. The van der Waals surface area contributed by atoms with Gasteiger partial charge < -0.3 is 33.8 Å². The second-order valence-electron chi connectivity index (χ2n) is 27.5. The lowest BCUT2D eigenvalue weighted by atomic mass is 9.99. The van der Waals surface area contributed by atoms with Crippen molar-refractivity contribution in [1.29, 1.82) is 0 Å². The van der Waals surface area contributed by atoms with Gasteiger partial charge in [0.05, 0.1) is 26.4 Å². The van der Waals surface area contributed by atoms with Gasteiger partial charge in [-0.2, -0.15) is 0 Å². The maximum atomic E-state index is 13.1. The fourth-order valence-corrected chi connectivity index (χ4v) is 12.6. The normalized spacial score (nSPS) is 14.4. The lowest BCUT2D eigenvalue weighted by Gasteiger charge is -2.21. The minimum atomic E-state index is -4.96. The molecule has 0 aliphatic rings. The van der Waals surface area contributed by atoms with E-state index in [1.807, 2.05) is 0 Å². The number of hydrogen-bond acceptors (Lipinski definition) is 15. The summed E-state index contributed by atoms with van der Waals surface area (Å²) in [7, 11) is -9.91. The van der Waals surface area contributed by atoms with E-state index in [0.29, 0.717) is 25.7 Å². The summed E-state index contributed by atoms with van der Waals surface area (Å²) >= 11 is 0. The molecule has 3 N–H and O–H groups in total. The van der Waals surface area contributed by atoms with Crippen LogP contribution in [0.4, 0.5) is 0 Å². The second-order valence-corrected chi connectivity index (χ2v) is 30.4. The third-order valence-electron chi connectivity index (χ3n) is 17.2. The van der Waals surface area contributed by atoms with Crippen LogP contribution in [0.1, 0.15) is 370 Å². The fourth-order valence-electron chi connectivity index (χ4n) is 11.0. The maximum absolute atomic E-state index is 13.1. The first kappa shape index (κ1) is 90.1. The Labute approximate surface area is 562 Å². The molecule has 0 aliphatic carbocycles. The van der Waals surface area contributed by atoms with E-state index >= 15 is 0 Å². The van der Waals surface area contributed by atoms with Crippen molar-refractivity contribution in [2.24, 2.45) is 17.8 Å². The molecule has 0 rings (SSSR count). The van der Waals surface area contributed by atoms with Gasteiger partial charge in [-0.1, -0.05) is 318 Å². The fraction of sp³-hybridized carbons (Fsp3) is 0.945. The molecular formula is C73H142O17P2. The Balaban J connectivity index is 5.24. The third kappa shape index (κ3) is 65.4. The average Bonchev–Trinajstić information content (AvgIpc) is 2.40. The number of carbonyl (C=O) groups excluding carboxylic acids is 4. The van der Waals surface area contributed by atoms with Crippen molar-refractivity contribution in [3.05, 3.63) is 0 Å². The first-order valence-corrected chi connectivity index (χ1v) is 40.9. The molecule has 0 saturated carbocycles. The van der Waals surface area contributed by atoms with E-state index in [2.05, 4.69) is 48.5 Å². The molecule has 0 aromatic carbocycles. The highest BCUT2D eigenvalue weighted by molar-refractivity contribution is 7.47. The molecule has 0 saturated heterocycles. The van der Waals surface area contributed by atoms with Gasteiger partial charge in [-0.05, 0) is 43.4 Å². The van der Waals surface area contributed by atoms with Crippen molar-refractivity contribution in [2.45, 2.75) is 388 Å². The van der Waals surface area contributed by atoms with Gasteiger partial charge >= 0.3 is 39.5 Å². The van der Waals surface area contributed by atoms with Gasteiger partial charge in [0, 0.05) is 25.7 Å². The van der Waals surface area contributed by atoms with E-state index in [0.717, 1.165) is 108 Å². The number of ether oxygens (including phenoxy) is 4. The van der Waals surface area contributed by atoms with E-state index in [-0.39, 0.29) is 25.7 Å². The quantitative estimate of drug-likeness (QED) is 0.0222. The van der Waals surface area contributed by atoms with Crippen molar-refractivity contribution >= 4 is 39.5 Å². The predicted molar refractivity (Wildman–Crippen MR) is 372 cm³/mol. The molecule has 0 amide bonds. The molecule has 3 unspecified atom stereocenters. The Hall–Kier alpha value is -1.94. The Bertz CT molecular complexity index is 1800. The van der Waals surface area contributed by atoms with Gasteiger partial charge in [0.2, 0.25) is 0 Å². The van der Waals surface area contributed by atoms with Gasteiger partial charge in [-0.3, -0.25) is 37.3 Å². The lowest BCUT2D eigenvalue weighted by molar-refractivity contribution is -0.161. The summed E-state index contributed by atoms with van der Waals surface area (Å²) in [6.07, 6.45) is 48.5. The molecule has 92 heavy (non-hydrogen) atoms. The summed E-state index contributed by atoms with van der Waals surface area (Å²) in [6, 6.07) is 0. The average molecular weight is 1350 g/mol. The van der Waals surface area contributed by atoms with Crippen LogP contribution in [0.2, 0.25) is 0 Å². The van der Waals surface area contributed by atoms with Crippen molar-refractivity contribution in [2.75, 3.05) is 39.6 Å². The van der Waals surface area contributed by atoms with E-state index < -0.39 is 97.5 Å². The number of rotatable bonds is 71. The SMILES string of the molecule is CCCCCCCCCCCC(=O)OC[C@H](COP(=O)(O)OC[C@H](O)COP(=O)(O)OC[C@@H](COC(=O)CCCCCCCCCCCCCC(C)C)OC(=O)CCCCCCCCCCCCCCCCC(C)C)OC(=O)CCCCCCCCCCC(C)CC. The van der Waals surface area contributed by atoms with Crippen molar-refractivity contribution < 1.29 is 80.2 Å². The topological polar surface area (TPSA) is 237 Å². The van der Waals surface area contributed by atoms with Crippen LogP contribution in [0, 0.1) is 17.8 Å². The van der Waals surface area contributed by atoms with E-state index in [4.69, 9.17) is 37.0 Å². The summed E-state index contributed by atoms with van der Waals surface area (Å²) in [4.78, 5) is 72.6. The number of unbranched alkanes of at least 4 members (excludes halogenated alkanes) is 38. The molecule has 0 heterocycles. The molecule has 19 heteroatoms. The molecule has 0 aliphatic heterocycles. The van der Waals surface area contributed by atoms with Crippen molar-refractivity contribution in [3.63, 3.8) is 0 Å². The third-order valence-corrected chi connectivity index (χ3v) is 19.1. The molecule has 0 aromatic heterocycles. The molecule has 17 nitrogen and oxygen atoms in total. The highest BCUT2D eigenvalue weighted by Crippen LogP contribution is 2.45. The lowest BCUT2D eigenvalue weighted by Crippen LogP contribution is -2.30. The number of carbonyl (C=O) groups is 4. The minimum absolute atomic E-state index is 0.105. The van der Waals surface area contributed by atoms with E-state index in [9.17, 15) is 43.2 Å². The van der Waals surface area contributed by atoms with E-state index in [1.54, 1.807) is 0 Å². The number of phosphoric acid groups is 2. The number of aliphatic hydroxyl groups excluding tert-OH is 1. The van der Waals surface area contributed by atoms with Crippen molar-refractivity contribution in [1.82, 2.24) is 0 Å². The zero-order valence-corrected chi connectivity index (χ0v) is 61.8. The van der Waals surface area contributed by atoms with Crippen LogP contribution >= 0.6 is 15.6 Å².